The van der Waals surface area contributed by atoms with Crippen molar-refractivity contribution in [2.24, 2.45) is 0 Å². The summed E-state index contributed by atoms with van der Waals surface area (Å²) in [5.74, 6) is 0.269. The number of nitrogens with one attached hydrogen (secondary N) is 1. The van der Waals surface area contributed by atoms with E-state index in [0.717, 1.165) is 0 Å². The first-order chi connectivity index (χ1) is 8.05. The molecule has 1 saturated heterocycles. The van der Waals surface area contributed by atoms with Crippen LogP contribution in [-0.4, -0.2) is 31.4 Å². The number of ether oxygens (including phenoxy) is 2. The van der Waals surface area contributed by atoms with Crippen LogP contribution in [-0.2, 0) is 4.74 Å². The first-order valence-corrected chi connectivity index (χ1v) is 5.79. The standard InChI is InChI=1S/C13H18FNO2/c1-13(2)9-16-7-11(15-13)8-17-12-5-3-4-10(14)6-12/h3-6,11,15H,7-9H2,1-2H3. The number of halogens is 1. The van der Waals surface area contributed by atoms with Crippen molar-refractivity contribution >= 4 is 0 Å². The van der Waals surface area contributed by atoms with Crippen LogP contribution in [0.1, 0.15) is 13.8 Å². The summed E-state index contributed by atoms with van der Waals surface area (Å²) in [4.78, 5) is 0. The van der Waals surface area contributed by atoms with Crippen molar-refractivity contribution < 1.29 is 13.9 Å². The molecule has 1 N–H and O–H groups in total. The third-order valence-corrected chi connectivity index (χ3v) is 2.62. The molecule has 1 unspecified atom stereocenters. The molecule has 94 valence electrons. The molecular weight excluding hydrogens is 221 g/mol. The molecule has 0 amide bonds. The van der Waals surface area contributed by atoms with E-state index in [-0.39, 0.29) is 17.4 Å². The Kier molecular flexibility index (Phi) is 3.64. The van der Waals surface area contributed by atoms with Gasteiger partial charge in [0.05, 0.1) is 19.3 Å². The predicted molar refractivity (Wildman–Crippen MR) is 63.7 cm³/mol. The summed E-state index contributed by atoms with van der Waals surface area (Å²) in [7, 11) is 0. The molecule has 1 atom stereocenters. The van der Waals surface area contributed by atoms with E-state index < -0.39 is 0 Å². The van der Waals surface area contributed by atoms with E-state index in [1.165, 1.54) is 12.1 Å². The largest absolute Gasteiger partial charge is 0.492 e. The van der Waals surface area contributed by atoms with Gasteiger partial charge >= 0.3 is 0 Å². The summed E-state index contributed by atoms with van der Waals surface area (Å²) in [6.07, 6.45) is 0. The van der Waals surface area contributed by atoms with Gasteiger partial charge in [-0.1, -0.05) is 6.07 Å². The molecule has 0 aromatic heterocycles. The van der Waals surface area contributed by atoms with Gasteiger partial charge in [-0.3, -0.25) is 0 Å². The first-order valence-electron chi connectivity index (χ1n) is 5.79. The van der Waals surface area contributed by atoms with Crippen molar-refractivity contribution in [2.75, 3.05) is 19.8 Å². The van der Waals surface area contributed by atoms with Gasteiger partial charge in [-0.2, -0.15) is 0 Å². The maximum Gasteiger partial charge on any atom is 0.126 e. The molecule has 1 aromatic rings. The molecule has 0 saturated carbocycles. The fraction of sp³-hybridized carbons (Fsp3) is 0.538. The number of hydrogen-bond donors (Lipinski definition) is 1. The Bertz CT molecular complexity index is 381. The molecule has 1 heterocycles. The van der Waals surface area contributed by atoms with Crippen molar-refractivity contribution in [3.63, 3.8) is 0 Å². The van der Waals surface area contributed by atoms with Crippen LogP contribution >= 0.6 is 0 Å². The van der Waals surface area contributed by atoms with Gasteiger partial charge in [0.25, 0.3) is 0 Å². The minimum Gasteiger partial charge on any atom is -0.492 e. The van der Waals surface area contributed by atoms with Crippen LogP contribution in [0.15, 0.2) is 24.3 Å². The average Bonchev–Trinajstić information content (AvgIpc) is 2.25. The molecule has 3 nitrogen and oxygen atoms in total. The lowest BCUT2D eigenvalue weighted by atomic mass is 10.0. The van der Waals surface area contributed by atoms with Gasteiger partial charge in [-0.05, 0) is 26.0 Å². The van der Waals surface area contributed by atoms with Crippen LogP contribution in [0.5, 0.6) is 5.75 Å². The molecule has 4 heteroatoms. The number of hydrogen-bond acceptors (Lipinski definition) is 3. The van der Waals surface area contributed by atoms with Gasteiger partial charge in [0.1, 0.15) is 18.2 Å². The molecular formula is C13H18FNO2. The number of rotatable bonds is 3. The molecule has 0 spiro atoms. The predicted octanol–water partition coefficient (Wildman–Crippen LogP) is 1.97. The van der Waals surface area contributed by atoms with E-state index in [4.69, 9.17) is 9.47 Å². The summed E-state index contributed by atoms with van der Waals surface area (Å²) < 4.78 is 24.0. The van der Waals surface area contributed by atoms with Gasteiger partial charge in [0, 0.05) is 11.6 Å². The van der Waals surface area contributed by atoms with Crippen molar-refractivity contribution in [3.05, 3.63) is 30.1 Å². The lowest BCUT2D eigenvalue weighted by Crippen LogP contribution is -2.57. The molecule has 0 aliphatic carbocycles. The zero-order valence-corrected chi connectivity index (χ0v) is 10.2. The zero-order valence-electron chi connectivity index (χ0n) is 10.2. The molecule has 1 aliphatic heterocycles. The average molecular weight is 239 g/mol. The first kappa shape index (κ1) is 12.3. The summed E-state index contributed by atoms with van der Waals surface area (Å²) >= 11 is 0. The van der Waals surface area contributed by atoms with Gasteiger partial charge in [-0.25, -0.2) is 4.39 Å². The number of benzene rings is 1. The summed E-state index contributed by atoms with van der Waals surface area (Å²) in [6, 6.07) is 6.31. The lowest BCUT2D eigenvalue weighted by Gasteiger charge is -2.36. The van der Waals surface area contributed by atoms with Crippen molar-refractivity contribution in [2.45, 2.75) is 25.4 Å². The second-order valence-electron chi connectivity index (χ2n) is 5.01. The second-order valence-corrected chi connectivity index (χ2v) is 5.01. The monoisotopic (exact) mass is 239 g/mol. The van der Waals surface area contributed by atoms with Crippen LogP contribution in [0.3, 0.4) is 0 Å². The Labute approximate surface area is 101 Å². The van der Waals surface area contributed by atoms with Gasteiger partial charge < -0.3 is 14.8 Å². The Balaban J connectivity index is 1.86. The fourth-order valence-corrected chi connectivity index (χ4v) is 1.94. The van der Waals surface area contributed by atoms with E-state index in [1.807, 2.05) is 0 Å². The Morgan fingerprint density at radius 1 is 1.53 bits per heavy atom. The highest BCUT2D eigenvalue weighted by molar-refractivity contribution is 5.22. The van der Waals surface area contributed by atoms with Crippen molar-refractivity contribution in [1.82, 2.24) is 5.32 Å². The van der Waals surface area contributed by atoms with Gasteiger partial charge in [0.15, 0.2) is 0 Å². The van der Waals surface area contributed by atoms with E-state index in [2.05, 4.69) is 19.2 Å². The third-order valence-electron chi connectivity index (χ3n) is 2.62. The summed E-state index contributed by atoms with van der Waals surface area (Å²) in [5.41, 5.74) is -0.0335. The molecule has 0 radical (unpaired) electrons. The van der Waals surface area contributed by atoms with Crippen LogP contribution in [0, 0.1) is 5.82 Å². The fourth-order valence-electron chi connectivity index (χ4n) is 1.94. The maximum absolute atomic E-state index is 12.9. The van der Waals surface area contributed by atoms with E-state index in [0.29, 0.717) is 25.6 Å². The highest BCUT2D eigenvalue weighted by atomic mass is 19.1. The normalized spacial score (nSPS) is 23.4. The van der Waals surface area contributed by atoms with Gasteiger partial charge in [-0.15, -0.1) is 0 Å². The molecule has 2 rings (SSSR count). The summed E-state index contributed by atoms with van der Waals surface area (Å²) in [5, 5.41) is 3.43. The van der Waals surface area contributed by atoms with Crippen LogP contribution in [0.4, 0.5) is 4.39 Å². The maximum atomic E-state index is 12.9. The molecule has 1 fully saturated rings. The minimum absolute atomic E-state index is 0.0335. The zero-order chi connectivity index (χ0) is 12.3. The Morgan fingerprint density at radius 2 is 2.35 bits per heavy atom. The van der Waals surface area contributed by atoms with Crippen LogP contribution in [0.2, 0.25) is 0 Å². The molecule has 0 bridgehead atoms. The van der Waals surface area contributed by atoms with Gasteiger partial charge in [0.2, 0.25) is 0 Å². The quantitative estimate of drug-likeness (QED) is 0.874. The van der Waals surface area contributed by atoms with Crippen molar-refractivity contribution in [3.8, 4) is 5.75 Å². The highest BCUT2D eigenvalue weighted by Crippen LogP contribution is 2.14. The van der Waals surface area contributed by atoms with Crippen molar-refractivity contribution in [1.29, 1.82) is 0 Å². The SMILES string of the molecule is CC1(C)COCC(COc2cccc(F)c2)N1. The Hall–Kier alpha value is -1.13. The van der Waals surface area contributed by atoms with Crippen LogP contribution in [0.25, 0.3) is 0 Å². The van der Waals surface area contributed by atoms with E-state index in [9.17, 15) is 4.39 Å². The lowest BCUT2D eigenvalue weighted by molar-refractivity contribution is 0.000921. The molecule has 17 heavy (non-hydrogen) atoms. The van der Waals surface area contributed by atoms with E-state index >= 15 is 0 Å². The number of morpholine rings is 1. The molecule has 1 aliphatic rings. The second kappa shape index (κ2) is 5.02. The highest BCUT2D eigenvalue weighted by Gasteiger charge is 2.27. The Morgan fingerprint density at radius 3 is 3.06 bits per heavy atom. The summed E-state index contributed by atoms with van der Waals surface area (Å²) in [6.45, 7) is 5.97. The topological polar surface area (TPSA) is 30.5 Å². The smallest absolute Gasteiger partial charge is 0.126 e. The third kappa shape index (κ3) is 3.68. The molecule has 1 aromatic carbocycles. The van der Waals surface area contributed by atoms with E-state index in [1.54, 1.807) is 12.1 Å². The van der Waals surface area contributed by atoms with Crippen LogP contribution < -0.4 is 10.1 Å². The minimum atomic E-state index is -0.282.